The Morgan fingerprint density at radius 3 is 2.00 bits per heavy atom. The molecule has 60 valence electrons. The van der Waals surface area contributed by atoms with E-state index in [1.54, 1.807) is 0 Å². The predicted molar refractivity (Wildman–Crippen MR) is 45.1 cm³/mol. The average molecular weight is 141 g/mol. The van der Waals surface area contributed by atoms with Crippen molar-refractivity contribution < 1.29 is 0 Å². The van der Waals surface area contributed by atoms with E-state index in [1.165, 1.54) is 19.3 Å². The lowest BCUT2D eigenvalue weighted by Crippen LogP contribution is -2.42. The number of hydrogen-bond donors (Lipinski definition) is 0. The first-order valence-corrected chi connectivity index (χ1v) is 4.28. The molecule has 0 aromatic heterocycles. The highest BCUT2D eigenvalue weighted by Crippen LogP contribution is 2.43. The fraction of sp³-hybridized carbons (Fsp3) is 1.00. The molecule has 0 N–H and O–H groups in total. The van der Waals surface area contributed by atoms with Crippen molar-refractivity contribution in [2.24, 2.45) is 5.92 Å². The summed E-state index contributed by atoms with van der Waals surface area (Å²) in [5.74, 6) is 0.979. The SMILES string of the molecule is CCC(C)(C1CC1)N(C)C. The van der Waals surface area contributed by atoms with Crippen molar-refractivity contribution in [3.8, 4) is 0 Å². The summed E-state index contributed by atoms with van der Waals surface area (Å²) in [7, 11) is 4.39. The second-order valence-corrected chi connectivity index (χ2v) is 3.88. The quantitative estimate of drug-likeness (QED) is 0.582. The van der Waals surface area contributed by atoms with Crippen LogP contribution in [0.15, 0.2) is 0 Å². The second kappa shape index (κ2) is 2.54. The molecule has 0 aromatic carbocycles. The van der Waals surface area contributed by atoms with Crippen LogP contribution >= 0.6 is 0 Å². The zero-order valence-corrected chi connectivity index (χ0v) is 7.65. The molecule has 0 bridgehead atoms. The van der Waals surface area contributed by atoms with Gasteiger partial charge < -0.3 is 4.90 Å². The first kappa shape index (κ1) is 8.06. The molecule has 0 aliphatic heterocycles. The molecule has 1 atom stereocenters. The van der Waals surface area contributed by atoms with E-state index in [-0.39, 0.29) is 0 Å². The maximum absolute atomic E-state index is 2.38. The van der Waals surface area contributed by atoms with Gasteiger partial charge in [0, 0.05) is 5.54 Å². The molecule has 1 unspecified atom stereocenters. The van der Waals surface area contributed by atoms with E-state index < -0.39 is 0 Å². The third kappa shape index (κ3) is 1.20. The van der Waals surface area contributed by atoms with Crippen LogP contribution in [0.2, 0.25) is 0 Å². The standard InChI is InChI=1S/C9H19N/c1-5-9(2,10(3)4)8-6-7-8/h8H,5-7H2,1-4H3. The third-order valence-corrected chi connectivity index (χ3v) is 3.19. The Morgan fingerprint density at radius 1 is 1.40 bits per heavy atom. The molecule has 0 amide bonds. The molecule has 1 nitrogen and oxygen atoms in total. The molecule has 0 heterocycles. The van der Waals surface area contributed by atoms with Crippen molar-refractivity contribution in [1.29, 1.82) is 0 Å². The van der Waals surface area contributed by atoms with Gasteiger partial charge in [-0.2, -0.15) is 0 Å². The van der Waals surface area contributed by atoms with Gasteiger partial charge >= 0.3 is 0 Å². The van der Waals surface area contributed by atoms with Gasteiger partial charge in [0.2, 0.25) is 0 Å². The third-order valence-electron chi connectivity index (χ3n) is 3.19. The van der Waals surface area contributed by atoms with Crippen LogP contribution in [0.4, 0.5) is 0 Å². The maximum atomic E-state index is 2.38. The number of rotatable bonds is 3. The Labute approximate surface area is 64.4 Å². The van der Waals surface area contributed by atoms with Crippen LogP contribution in [-0.2, 0) is 0 Å². The molecule has 1 fully saturated rings. The highest BCUT2D eigenvalue weighted by molar-refractivity contribution is 4.96. The Hall–Kier alpha value is -0.0400. The molecule has 1 aliphatic carbocycles. The van der Waals surface area contributed by atoms with Crippen molar-refractivity contribution in [3.63, 3.8) is 0 Å². The van der Waals surface area contributed by atoms with Gasteiger partial charge in [-0.1, -0.05) is 6.92 Å². The van der Waals surface area contributed by atoms with Gasteiger partial charge in [-0.05, 0) is 46.2 Å². The topological polar surface area (TPSA) is 3.24 Å². The van der Waals surface area contributed by atoms with Crippen LogP contribution in [0.3, 0.4) is 0 Å². The Morgan fingerprint density at radius 2 is 1.90 bits per heavy atom. The molecule has 10 heavy (non-hydrogen) atoms. The van der Waals surface area contributed by atoms with E-state index in [9.17, 15) is 0 Å². The molecular weight excluding hydrogens is 122 g/mol. The first-order chi connectivity index (χ1) is 4.61. The Bertz CT molecular complexity index is 112. The zero-order chi connectivity index (χ0) is 7.78. The number of hydrogen-bond acceptors (Lipinski definition) is 1. The van der Waals surface area contributed by atoms with E-state index in [0.29, 0.717) is 5.54 Å². The van der Waals surface area contributed by atoms with Crippen molar-refractivity contribution in [1.82, 2.24) is 4.90 Å². The Balaban J connectivity index is 2.56. The molecule has 1 rings (SSSR count). The zero-order valence-electron chi connectivity index (χ0n) is 7.65. The molecule has 0 aromatic rings. The van der Waals surface area contributed by atoms with Crippen molar-refractivity contribution in [2.45, 2.75) is 38.6 Å². The predicted octanol–water partition coefficient (Wildman–Crippen LogP) is 2.13. The summed E-state index contributed by atoms with van der Waals surface area (Å²) in [6.45, 7) is 4.67. The second-order valence-electron chi connectivity index (χ2n) is 3.88. The highest BCUT2D eigenvalue weighted by atomic mass is 15.1. The summed E-state index contributed by atoms with van der Waals surface area (Å²) in [6.07, 6.45) is 4.18. The van der Waals surface area contributed by atoms with E-state index in [0.717, 1.165) is 5.92 Å². The van der Waals surface area contributed by atoms with Gasteiger partial charge in [0.15, 0.2) is 0 Å². The van der Waals surface area contributed by atoms with Crippen LogP contribution in [0, 0.1) is 5.92 Å². The van der Waals surface area contributed by atoms with Crippen LogP contribution < -0.4 is 0 Å². The molecule has 0 radical (unpaired) electrons. The van der Waals surface area contributed by atoms with E-state index in [4.69, 9.17) is 0 Å². The smallest absolute Gasteiger partial charge is 0.0200 e. The highest BCUT2D eigenvalue weighted by Gasteiger charge is 2.41. The van der Waals surface area contributed by atoms with E-state index >= 15 is 0 Å². The lowest BCUT2D eigenvalue weighted by Gasteiger charge is -2.36. The van der Waals surface area contributed by atoms with Crippen molar-refractivity contribution >= 4 is 0 Å². The summed E-state index contributed by atoms with van der Waals surface area (Å²) < 4.78 is 0. The summed E-state index contributed by atoms with van der Waals surface area (Å²) in [5.41, 5.74) is 0.486. The maximum Gasteiger partial charge on any atom is 0.0200 e. The van der Waals surface area contributed by atoms with Gasteiger partial charge in [-0.15, -0.1) is 0 Å². The minimum atomic E-state index is 0.486. The lowest BCUT2D eigenvalue weighted by atomic mass is 9.91. The fourth-order valence-electron chi connectivity index (χ4n) is 1.68. The van der Waals surface area contributed by atoms with E-state index in [1.807, 2.05) is 0 Å². The number of nitrogens with zero attached hydrogens (tertiary/aromatic N) is 1. The van der Waals surface area contributed by atoms with Crippen LogP contribution in [0.1, 0.15) is 33.1 Å². The van der Waals surface area contributed by atoms with Gasteiger partial charge in [-0.25, -0.2) is 0 Å². The fourth-order valence-corrected chi connectivity index (χ4v) is 1.68. The lowest BCUT2D eigenvalue weighted by molar-refractivity contribution is 0.139. The molecule has 0 spiro atoms. The normalized spacial score (nSPS) is 24.9. The van der Waals surface area contributed by atoms with E-state index in [2.05, 4.69) is 32.8 Å². The molecule has 1 saturated carbocycles. The molecule has 0 saturated heterocycles. The molecule has 1 heteroatoms. The summed E-state index contributed by atoms with van der Waals surface area (Å²) in [6, 6.07) is 0. The monoisotopic (exact) mass is 141 g/mol. The summed E-state index contributed by atoms with van der Waals surface area (Å²) in [4.78, 5) is 2.38. The Kier molecular flexibility index (Phi) is 2.04. The van der Waals surface area contributed by atoms with Gasteiger partial charge in [0.1, 0.15) is 0 Å². The van der Waals surface area contributed by atoms with Crippen LogP contribution in [0.5, 0.6) is 0 Å². The average Bonchev–Trinajstić information content (AvgIpc) is 2.67. The first-order valence-electron chi connectivity index (χ1n) is 4.28. The van der Waals surface area contributed by atoms with Crippen molar-refractivity contribution in [3.05, 3.63) is 0 Å². The summed E-state index contributed by atoms with van der Waals surface area (Å²) >= 11 is 0. The van der Waals surface area contributed by atoms with Crippen molar-refractivity contribution in [2.75, 3.05) is 14.1 Å². The van der Waals surface area contributed by atoms with Crippen LogP contribution in [-0.4, -0.2) is 24.5 Å². The minimum absolute atomic E-state index is 0.486. The molecule has 1 aliphatic rings. The van der Waals surface area contributed by atoms with Gasteiger partial charge in [0.25, 0.3) is 0 Å². The van der Waals surface area contributed by atoms with Crippen LogP contribution in [0.25, 0.3) is 0 Å². The summed E-state index contributed by atoms with van der Waals surface area (Å²) in [5, 5.41) is 0. The minimum Gasteiger partial charge on any atom is -0.304 e. The van der Waals surface area contributed by atoms with Gasteiger partial charge in [-0.3, -0.25) is 0 Å². The molecular formula is C9H19N. The van der Waals surface area contributed by atoms with Gasteiger partial charge in [0.05, 0.1) is 0 Å². The largest absolute Gasteiger partial charge is 0.304 e.